The van der Waals surface area contributed by atoms with E-state index in [0.29, 0.717) is 13.1 Å². The summed E-state index contributed by atoms with van der Waals surface area (Å²) in [7, 11) is 0. The molecule has 0 saturated heterocycles. The van der Waals surface area contributed by atoms with E-state index in [9.17, 15) is 4.79 Å². The average molecular weight is 233 g/mol. The average Bonchev–Trinajstić information content (AvgIpc) is 2.21. The molecule has 0 unspecified atom stereocenters. The van der Waals surface area contributed by atoms with Crippen molar-refractivity contribution in [2.24, 2.45) is 0 Å². The molecule has 1 aromatic carbocycles. The molecule has 3 nitrogen and oxygen atoms in total. The molecule has 0 aliphatic carbocycles. The Bertz CT molecular complexity index is 413. The number of rotatable bonds is 6. The van der Waals surface area contributed by atoms with Gasteiger partial charge in [0.25, 0.3) is 0 Å². The lowest BCUT2D eigenvalue weighted by Gasteiger charge is -2.19. The van der Waals surface area contributed by atoms with Crippen molar-refractivity contribution in [3.63, 3.8) is 0 Å². The highest BCUT2D eigenvalue weighted by Gasteiger charge is 2.10. The van der Waals surface area contributed by atoms with Gasteiger partial charge in [0, 0.05) is 13.1 Å². The molecule has 0 atom stereocenters. The van der Waals surface area contributed by atoms with Gasteiger partial charge < -0.3 is 5.11 Å². The lowest BCUT2D eigenvalue weighted by atomic mass is 10.1. The Morgan fingerprint density at radius 3 is 2.71 bits per heavy atom. The fourth-order valence-corrected chi connectivity index (χ4v) is 1.82. The van der Waals surface area contributed by atoms with Crippen molar-refractivity contribution in [2.75, 3.05) is 13.1 Å². The van der Waals surface area contributed by atoms with Gasteiger partial charge in [0.15, 0.2) is 0 Å². The molecule has 1 N–H and O–H groups in total. The van der Waals surface area contributed by atoms with Crippen molar-refractivity contribution < 1.29 is 9.90 Å². The van der Waals surface area contributed by atoms with E-state index in [1.165, 1.54) is 16.7 Å². The highest BCUT2D eigenvalue weighted by atomic mass is 16.4. The molecule has 0 heterocycles. The second kappa shape index (κ2) is 6.21. The molecule has 0 bridgehead atoms. The standard InChI is InChI=1S/C14H19NO2/c1-4-7-15(10-14(16)17)9-13-6-5-11(2)8-12(13)3/h4-6,8H,1,7,9-10H2,2-3H3,(H,16,17). The Hall–Kier alpha value is -1.61. The summed E-state index contributed by atoms with van der Waals surface area (Å²) in [6, 6.07) is 6.22. The van der Waals surface area contributed by atoms with Gasteiger partial charge in [0.1, 0.15) is 0 Å². The van der Waals surface area contributed by atoms with E-state index in [1.54, 1.807) is 6.08 Å². The number of carboxylic acids is 1. The number of aryl methyl sites for hydroxylation is 2. The van der Waals surface area contributed by atoms with E-state index in [1.807, 2.05) is 4.90 Å². The van der Waals surface area contributed by atoms with Crippen molar-refractivity contribution in [3.8, 4) is 0 Å². The van der Waals surface area contributed by atoms with Crippen LogP contribution in [0.4, 0.5) is 0 Å². The smallest absolute Gasteiger partial charge is 0.317 e. The monoisotopic (exact) mass is 233 g/mol. The van der Waals surface area contributed by atoms with Gasteiger partial charge >= 0.3 is 5.97 Å². The van der Waals surface area contributed by atoms with Crippen LogP contribution < -0.4 is 0 Å². The van der Waals surface area contributed by atoms with Crippen molar-refractivity contribution in [1.82, 2.24) is 4.90 Å². The third kappa shape index (κ3) is 4.41. The van der Waals surface area contributed by atoms with Crippen LogP contribution in [0.2, 0.25) is 0 Å². The first-order chi connectivity index (χ1) is 8.02. The van der Waals surface area contributed by atoms with Crippen LogP contribution in [-0.4, -0.2) is 29.1 Å². The van der Waals surface area contributed by atoms with Gasteiger partial charge in [0.05, 0.1) is 6.54 Å². The first kappa shape index (κ1) is 13.5. The highest BCUT2D eigenvalue weighted by Crippen LogP contribution is 2.13. The topological polar surface area (TPSA) is 40.5 Å². The van der Waals surface area contributed by atoms with Gasteiger partial charge in [-0.25, -0.2) is 0 Å². The summed E-state index contributed by atoms with van der Waals surface area (Å²) in [5.41, 5.74) is 3.59. The number of benzene rings is 1. The summed E-state index contributed by atoms with van der Waals surface area (Å²) >= 11 is 0. The minimum absolute atomic E-state index is 0.0410. The van der Waals surface area contributed by atoms with Crippen LogP contribution >= 0.6 is 0 Å². The molecule has 0 radical (unpaired) electrons. The van der Waals surface area contributed by atoms with E-state index < -0.39 is 5.97 Å². The lowest BCUT2D eigenvalue weighted by molar-refractivity contribution is -0.138. The zero-order valence-corrected chi connectivity index (χ0v) is 10.4. The summed E-state index contributed by atoms with van der Waals surface area (Å²) < 4.78 is 0. The number of hydrogen-bond acceptors (Lipinski definition) is 2. The van der Waals surface area contributed by atoms with Gasteiger partial charge in [0.2, 0.25) is 0 Å². The third-order valence-electron chi connectivity index (χ3n) is 2.64. The molecular weight excluding hydrogens is 214 g/mol. The Morgan fingerprint density at radius 2 is 2.18 bits per heavy atom. The Balaban J connectivity index is 2.77. The van der Waals surface area contributed by atoms with Crippen LogP contribution in [0.5, 0.6) is 0 Å². The molecule has 0 saturated carbocycles. The van der Waals surface area contributed by atoms with Crippen molar-refractivity contribution in [3.05, 3.63) is 47.5 Å². The number of carboxylic acid groups (broad SMARTS) is 1. The molecule has 17 heavy (non-hydrogen) atoms. The van der Waals surface area contributed by atoms with Crippen LogP contribution in [0, 0.1) is 13.8 Å². The number of carbonyl (C=O) groups is 1. The first-order valence-electron chi connectivity index (χ1n) is 5.64. The largest absolute Gasteiger partial charge is 0.480 e. The molecule has 0 fully saturated rings. The van der Waals surface area contributed by atoms with Crippen molar-refractivity contribution >= 4 is 5.97 Å². The Labute approximate surface area is 102 Å². The van der Waals surface area contributed by atoms with E-state index in [0.717, 1.165) is 0 Å². The van der Waals surface area contributed by atoms with Gasteiger partial charge in [-0.05, 0) is 25.0 Å². The van der Waals surface area contributed by atoms with Gasteiger partial charge in [-0.2, -0.15) is 0 Å². The van der Waals surface area contributed by atoms with Crippen LogP contribution in [0.25, 0.3) is 0 Å². The third-order valence-corrected chi connectivity index (χ3v) is 2.64. The maximum atomic E-state index is 10.7. The normalized spacial score (nSPS) is 10.5. The summed E-state index contributed by atoms with van der Waals surface area (Å²) in [5, 5.41) is 8.83. The fourth-order valence-electron chi connectivity index (χ4n) is 1.82. The Morgan fingerprint density at radius 1 is 1.47 bits per heavy atom. The fraction of sp³-hybridized carbons (Fsp3) is 0.357. The van der Waals surface area contributed by atoms with E-state index in [2.05, 4.69) is 38.6 Å². The zero-order chi connectivity index (χ0) is 12.8. The molecule has 0 aromatic heterocycles. The van der Waals surface area contributed by atoms with E-state index in [4.69, 9.17) is 5.11 Å². The molecule has 92 valence electrons. The second-order valence-electron chi connectivity index (χ2n) is 4.28. The number of aliphatic carboxylic acids is 1. The zero-order valence-electron chi connectivity index (χ0n) is 10.4. The molecular formula is C14H19NO2. The SMILES string of the molecule is C=CCN(CC(=O)O)Cc1ccc(C)cc1C. The molecule has 1 rings (SSSR count). The van der Waals surface area contributed by atoms with Crippen LogP contribution in [0.3, 0.4) is 0 Å². The lowest BCUT2D eigenvalue weighted by Crippen LogP contribution is -2.29. The van der Waals surface area contributed by atoms with Gasteiger partial charge in [-0.15, -0.1) is 6.58 Å². The van der Waals surface area contributed by atoms with Crippen molar-refractivity contribution in [1.29, 1.82) is 0 Å². The summed E-state index contributed by atoms with van der Waals surface area (Å²) in [4.78, 5) is 12.6. The highest BCUT2D eigenvalue weighted by molar-refractivity contribution is 5.69. The predicted molar refractivity (Wildman–Crippen MR) is 69.0 cm³/mol. The van der Waals surface area contributed by atoms with Crippen LogP contribution in [-0.2, 0) is 11.3 Å². The maximum absolute atomic E-state index is 10.7. The van der Waals surface area contributed by atoms with Crippen molar-refractivity contribution in [2.45, 2.75) is 20.4 Å². The second-order valence-corrected chi connectivity index (χ2v) is 4.28. The first-order valence-corrected chi connectivity index (χ1v) is 5.64. The summed E-state index contributed by atoms with van der Waals surface area (Å²) in [6.45, 7) is 9.02. The number of nitrogens with zero attached hydrogens (tertiary/aromatic N) is 1. The molecule has 0 aliphatic heterocycles. The van der Waals surface area contributed by atoms with Crippen LogP contribution in [0.1, 0.15) is 16.7 Å². The summed E-state index contributed by atoms with van der Waals surface area (Å²) in [5.74, 6) is -0.809. The minimum Gasteiger partial charge on any atom is -0.480 e. The molecule has 3 heteroatoms. The molecule has 0 spiro atoms. The number of hydrogen-bond donors (Lipinski definition) is 1. The van der Waals surface area contributed by atoms with E-state index >= 15 is 0 Å². The maximum Gasteiger partial charge on any atom is 0.317 e. The summed E-state index contributed by atoms with van der Waals surface area (Å²) in [6.07, 6.45) is 1.73. The quantitative estimate of drug-likeness (QED) is 0.767. The van der Waals surface area contributed by atoms with Gasteiger partial charge in [-0.3, -0.25) is 9.69 Å². The Kier molecular flexibility index (Phi) is 4.91. The predicted octanol–water partition coefficient (Wildman–Crippen LogP) is 2.38. The van der Waals surface area contributed by atoms with E-state index in [-0.39, 0.29) is 6.54 Å². The minimum atomic E-state index is -0.809. The molecule has 1 aromatic rings. The van der Waals surface area contributed by atoms with Crippen LogP contribution in [0.15, 0.2) is 30.9 Å². The molecule has 0 aliphatic rings. The van der Waals surface area contributed by atoms with Gasteiger partial charge in [-0.1, -0.05) is 29.8 Å². The molecule has 0 amide bonds.